The first-order valence-corrected chi connectivity index (χ1v) is 6.28. The highest BCUT2D eigenvalue weighted by molar-refractivity contribution is 5.91. The van der Waals surface area contributed by atoms with E-state index in [0.717, 1.165) is 10.9 Å². The van der Waals surface area contributed by atoms with Crippen LogP contribution in [0.1, 0.15) is 11.1 Å². The monoisotopic (exact) mass is 302 g/mol. The molecule has 0 bridgehead atoms. The van der Waals surface area contributed by atoms with Crippen LogP contribution in [0.5, 0.6) is 5.75 Å². The number of hydrogen-bond donors (Lipinski definition) is 2. The van der Waals surface area contributed by atoms with Crippen molar-refractivity contribution < 1.29 is 16.1 Å². The largest absolute Gasteiger partial charge is 0.504 e. The quantitative estimate of drug-likeness (QED) is 0.738. The maximum absolute atomic E-state index is 9.77. The van der Waals surface area contributed by atoms with Crippen molar-refractivity contribution in [3.05, 3.63) is 47.9 Å². The Morgan fingerprint density at radius 1 is 0.955 bits per heavy atom. The molecule has 0 fully saturated rings. The van der Waals surface area contributed by atoms with E-state index < -0.39 is 0 Å². The molecule has 0 radical (unpaired) electrons. The Labute approximate surface area is 127 Å². The summed E-state index contributed by atoms with van der Waals surface area (Å²) in [6.07, 6.45) is 3.11. The van der Waals surface area contributed by atoms with Gasteiger partial charge in [-0.05, 0) is 49.2 Å². The van der Waals surface area contributed by atoms with E-state index in [4.69, 9.17) is 0 Å². The first-order valence-electron chi connectivity index (χ1n) is 6.28. The number of pyridine rings is 1. The van der Waals surface area contributed by atoms with Gasteiger partial charge in [0.2, 0.25) is 0 Å². The molecule has 1 aromatic carbocycles. The second-order valence-corrected chi connectivity index (χ2v) is 4.67. The lowest BCUT2D eigenvalue weighted by atomic mass is 10.1. The molecular weight excluding hydrogens is 284 g/mol. The number of nitrogens with one attached hydrogen (secondary N) is 1. The average Bonchev–Trinajstić information content (AvgIpc) is 2.43. The van der Waals surface area contributed by atoms with Gasteiger partial charge in [-0.15, -0.1) is 0 Å². The van der Waals surface area contributed by atoms with Crippen molar-refractivity contribution in [2.45, 2.75) is 13.8 Å². The summed E-state index contributed by atoms with van der Waals surface area (Å²) in [6.45, 7) is 4.10. The van der Waals surface area contributed by atoms with Crippen LogP contribution < -0.4 is 5.32 Å². The third-order valence-corrected chi connectivity index (χ3v) is 3.27. The van der Waals surface area contributed by atoms with Crippen molar-refractivity contribution in [1.29, 1.82) is 0 Å². The van der Waals surface area contributed by atoms with Gasteiger partial charge in [-0.25, -0.2) is 15.0 Å². The third kappa shape index (κ3) is 3.11. The zero-order valence-electron chi connectivity index (χ0n) is 12.3. The minimum atomic E-state index is 0. The molecule has 0 aliphatic carbocycles. The molecule has 7 nitrogen and oxygen atoms in total. The maximum atomic E-state index is 9.77. The Kier molecular flexibility index (Phi) is 5.33. The highest BCUT2D eigenvalue weighted by Gasteiger charge is 2.08. The smallest absolute Gasteiger partial charge is 0.174 e. The molecule has 7 heteroatoms. The third-order valence-electron chi connectivity index (χ3n) is 3.27. The zero-order chi connectivity index (χ0) is 14.1. The van der Waals surface area contributed by atoms with Gasteiger partial charge in [-0.1, -0.05) is 0 Å². The van der Waals surface area contributed by atoms with Gasteiger partial charge in [0.05, 0.1) is 5.52 Å². The summed E-state index contributed by atoms with van der Waals surface area (Å²) in [5, 5.41) is 13.7. The number of aryl methyl sites for hydroxylation is 2. The van der Waals surface area contributed by atoms with Crippen molar-refractivity contribution in [2.24, 2.45) is 0 Å². The number of rotatable bonds is 2. The highest BCUT2D eigenvalue weighted by atomic mass is 16.3. The Balaban J connectivity index is 0.00000121. The Hall–Kier alpha value is -2.77. The molecule has 0 unspecified atom stereocenters. The number of anilines is 2. The first-order chi connectivity index (χ1) is 9.65. The summed E-state index contributed by atoms with van der Waals surface area (Å²) in [5.41, 5.74) is 3.21. The summed E-state index contributed by atoms with van der Waals surface area (Å²) in [4.78, 5) is 12.6. The molecule has 0 aliphatic heterocycles. The van der Waals surface area contributed by atoms with Gasteiger partial charge in [-0.2, -0.15) is 0 Å². The van der Waals surface area contributed by atoms with E-state index in [9.17, 15) is 5.11 Å². The molecule has 3 rings (SSSR count). The fourth-order valence-corrected chi connectivity index (χ4v) is 2.02. The minimum Gasteiger partial charge on any atom is -0.504 e. The Bertz CT molecular complexity index is 793. The summed E-state index contributed by atoms with van der Waals surface area (Å²) >= 11 is 0. The van der Waals surface area contributed by atoms with E-state index in [-0.39, 0.29) is 16.7 Å². The van der Waals surface area contributed by atoms with Crippen LogP contribution in [0.3, 0.4) is 0 Å². The molecule has 0 aliphatic rings. The number of nitrogens with zero attached hydrogens (tertiary/aromatic N) is 3. The second-order valence-electron chi connectivity index (χ2n) is 4.67. The van der Waals surface area contributed by atoms with Gasteiger partial charge >= 0.3 is 0 Å². The molecule has 6 N–H and O–H groups in total. The Morgan fingerprint density at radius 3 is 2.41 bits per heavy atom. The van der Waals surface area contributed by atoms with E-state index in [1.165, 1.54) is 17.5 Å². The molecule has 0 amide bonds. The van der Waals surface area contributed by atoms with Crippen LogP contribution in [-0.2, 0) is 0 Å². The second kappa shape index (κ2) is 6.79. The fourth-order valence-electron chi connectivity index (χ4n) is 2.02. The van der Waals surface area contributed by atoms with Gasteiger partial charge in [0, 0.05) is 11.6 Å². The van der Waals surface area contributed by atoms with Crippen molar-refractivity contribution >= 4 is 22.5 Å². The normalized spacial score (nSPS) is 9.73. The number of aromatic hydroxyl groups is 1. The first kappa shape index (κ1) is 17.3. The minimum absolute atomic E-state index is 0. The van der Waals surface area contributed by atoms with E-state index in [1.54, 1.807) is 18.3 Å². The summed E-state index contributed by atoms with van der Waals surface area (Å²) in [5.74, 6) is 1.10. The molecule has 2 heterocycles. The summed E-state index contributed by atoms with van der Waals surface area (Å²) < 4.78 is 0. The number of hydrogen-bond acceptors (Lipinski definition) is 5. The van der Waals surface area contributed by atoms with Crippen molar-refractivity contribution in [3.63, 3.8) is 0 Å². The lowest BCUT2D eigenvalue weighted by Gasteiger charge is -2.10. The summed E-state index contributed by atoms with van der Waals surface area (Å²) in [6, 6.07) is 7.31. The van der Waals surface area contributed by atoms with Crippen molar-refractivity contribution in [1.82, 2.24) is 15.0 Å². The van der Waals surface area contributed by atoms with Crippen molar-refractivity contribution in [2.75, 3.05) is 5.32 Å². The number of benzene rings is 1. The van der Waals surface area contributed by atoms with Gasteiger partial charge in [0.1, 0.15) is 12.1 Å². The highest BCUT2D eigenvalue weighted by Crippen LogP contribution is 2.27. The fraction of sp³-hybridized carbons (Fsp3) is 0.133. The van der Waals surface area contributed by atoms with E-state index in [1.807, 2.05) is 19.1 Å². The lowest BCUT2D eigenvalue weighted by molar-refractivity contribution is 0.475. The maximum Gasteiger partial charge on any atom is 0.174 e. The molecule has 22 heavy (non-hydrogen) atoms. The van der Waals surface area contributed by atoms with Gasteiger partial charge in [0.15, 0.2) is 11.6 Å². The topological polar surface area (TPSA) is 134 Å². The molecule has 0 saturated heterocycles. The van der Waals surface area contributed by atoms with Gasteiger partial charge in [-0.3, -0.25) is 0 Å². The Morgan fingerprint density at radius 2 is 1.68 bits per heavy atom. The van der Waals surface area contributed by atoms with E-state index in [2.05, 4.69) is 27.2 Å². The SMILES string of the molecule is Cc1cc2ncnc(Nc3ncccc3O)c2cc1C.O.O. The van der Waals surface area contributed by atoms with Crippen LogP contribution in [0.15, 0.2) is 36.8 Å². The molecule has 116 valence electrons. The number of fused-ring (bicyclic) bond motifs is 1. The van der Waals surface area contributed by atoms with Crippen LogP contribution in [0, 0.1) is 13.8 Å². The van der Waals surface area contributed by atoms with Gasteiger partial charge < -0.3 is 21.4 Å². The standard InChI is InChI=1S/C15H14N4O.2H2O/c1-9-6-11-12(7-10(9)2)17-8-18-14(11)19-15-13(20)4-3-5-16-15;;/h3-8,20H,1-2H3,(H,16,17,18,19);2*1H2. The molecular formula is C15H18N4O3. The van der Waals surface area contributed by atoms with Crippen LogP contribution >= 0.6 is 0 Å². The zero-order valence-corrected chi connectivity index (χ0v) is 12.3. The predicted octanol–water partition coefficient (Wildman–Crippen LogP) is 1.44. The average molecular weight is 302 g/mol. The van der Waals surface area contributed by atoms with Crippen molar-refractivity contribution in [3.8, 4) is 5.75 Å². The van der Waals surface area contributed by atoms with Crippen LogP contribution in [0.25, 0.3) is 10.9 Å². The molecule has 2 aromatic heterocycles. The molecule has 0 spiro atoms. The van der Waals surface area contributed by atoms with Gasteiger partial charge in [0.25, 0.3) is 0 Å². The summed E-state index contributed by atoms with van der Waals surface area (Å²) in [7, 11) is 0. The molecule has 0 saturated carbocycles. The molecule has 0 atom stereocenters. The van der Waals surface area contributed by atoms with Crippen LogP contribution in [0.4, 0.5) is 11.6 Å². The molecule has 3 aromatic rings. The van der Waals surface area contributed by atoms with Crippen LogP contribution in [0.2, 0.25) is 0 Å². The van der Waals surface area contributed by atoms with E-state index >= 15 is 0 Å². The van der Waals surface area contributed by atoms with E-state index in [0.29, 0.717) is 11.6 Å². The van der Waals surface area contributed by atoms with Crippen LogP contribution in [-0.4, -0.2) is 31.0 Å². The predicted molar refractivity (Wildman–Crippen MR) is 85.4 cm³/mol. The number of aromatic nitrogens is 3. The lowest BCUT2D eigenvalue weighted by Crippen LogP contribution is -1.98.